The Bertz CT molecular complexity index is 398. The van der Waals surface area contributed by atoms with E-state index in [1.165, 1.54) is 0 Å². The van der Waals surface area contributed by atoms with Crippen molar-refractivity contribution in [2.75, 3.05) is 32.8 Å². The first-order chi connectivity index (χ1) is 9.69. The zero-order valence-corrected chi connectivity index (χ0v) is 14.8. The fourth-order valence-corrected chi connectivity index (χ4v) is 1.81. The Morgan fingerprint density at radius 1 is 1.18 bits per heavy atom. The minimum Gasteiger partial charge on any atom is -0.492 e. The van der Waals surface area contributed by atoms with Crippen LogP contribution in [-0.2, 0) is 11.3 Å². The van der Waals surface area contributed by atoms with Gasteiger partial charge in [0, 0.05) is 13.1 Å². The number of amides is 1. The fraction of sp³-hybridized carbons (Fsp3) is 0.533. The predicted molar refractivity (Wildman–Crippen MR) is 95.1 cm³/mol. The number of rotatable bonds is 9. The molecule has 0 spiro atoms. The maximum absolute atomic E-state index is 11.0. The number of nitrogens with zero attached hydrogens (tertiary/aromatic N) is 1. The molecule has 1 rings (SSSR count). The van der Waals surface area contributed by atoms with E-state index in [-0.39, 0.29) is 37.3 Å². The maximum atomic E-state index is 11.0. The minimum absolute atomic E-state index is 0. The third-order valence-electron chi connectivity index (χ3n) is 3.17. The van der Waals surface area contributed by atoms with E-state index >= 15 is 0 Å². The first-order valence-corrected chi connectivity index (χ1v) is 7.10. The van der Waals surface area contributed by atoms with Crippen molar-refractivity contribution in [2.45, 2.75) is 20.4 Å². The number of halogens is 2. The Labute approximate surface area is 145 Å². The Kier molecular flexibility index (Phi) is 14.4. The third kappa shape index (κ3) is 9.10. The van der Waals surface area contributed by atoms with Gasteiger partial charge < -0.3 is 20.7 Å². The first-order valence-electron chi connectivity index (χ1n) is 7.10. The van der Waals surface area contributed by atoms with Crippen LogP contribution in [-0.4, -0.2) is 43.6 Å². The lowest BCUT2D eigenvalue weighted by atomic mass is 10.2. The van der Waals surface area contributed by atoms with Crippen molar-refractivity contribution in [1.82, 2.24) is 10.2 Å². The molecule has 128 valence electrons. The molecule has 0 aliphatic heterocycles. The van der Waals surface area contributed by atoms with E-state index in [1.54, 1.807) is 0 Å². The van der Waals surface area contributed by atoms with Crippen molar-refractivity contribution in [3.63, 3.8) is 0 Å². The van der Waals surface area contributed by atoms with Crippen LogP contribution in [0.25, 0.3) is 0 Å². The molecule has 3 N–H and O–H groups in total. The van der Waals surface area contributed by atoms with Crippen LogP contribution in [0.15, 0.2) is 24.3 Å². The molecule has 0 fully saturated rings. The van der Waals surface area contributed by atoms with Gasteiger partial charge in [-0.25, -0.2) is 0 Å². The Morgan fingerprint density at radius 3 is 2.27 bits per heavy atom. The molecule has 5 nitrogen and oxygen atoms in total. The lowest BCUT2D eigenvalue weighted by molar-refractivity contribution is -0.119. The smallest absolute Gasteiger partial charge is 0.234 e. The van der Waals surface area contributed by atoms with Gasteiger partial charge in [0.25, 0.3) is 0 Å². The molecule has 1 aromatic carbocycles. The van der Waals surface area contributed by atoms with Crippen molar-refractivity contribution < 1.29 is 9.53 Å². The second kappa shape index (κ2) is 13.6. The summed E-state index contributed by atoms with van der Waals surface area (Å²) in [6, 6.07) is 7.74. The van der Waals surface area contributed by atoms with Crippen LogP contribution < -0.4 is 15.8 Å². The quantitative estimate of drug-likeness (QED) is 0.712. The van der Waals surface area contributed by atoms with Crippen LogP contribution in [0, 0.1) is 0 Å². The van der Waals surface area contributed by atoms with E-state index in [1.807, 2.05) is 24.3 Å². The van der Waals surface area contributed by atoms with Gasteiger partial charge in [-0.3, -0.25) is 4.79 Å². The van der Waals surface area contributed by atoms with E-state index in [0.717, 1.165) is 30.9 Å². The highest BCUT2D eigenvalue weighted by atomic mass is 35.5. The maximum Gasteiger partial charge on any atom is 0.234 e. The summed E-state index contributed by atoms with van der Waals surface area (Å²) in [5, 5.41) is 2.73. The van der Waals surface area contributed by atoms with Crippen LogP contribution >= 0.6 is 24.8 Å². The highest BCUT2D eigenvalue weighted by molar-refractivity contribution is 5.85. The molecule has 1 aromatic rings. The summed E-state index contributed by atoms with van der Waals surface area (Å²) in [5.74, 6) is 0.704. The molecule has 0 atom stereocenters. The van der Waals surface area contributed by atoms with Gasteiger partial charge in [-0.15, -0.1) is 24.8 Å². The lowest BCUT2D eigenvalue weighted by Gasteiger charge is -2.18. The number of hydrogen-bond acceptors (Lipinski definition) is 4. The van der Waals surface area contributed by atoms with E-state index in [0.29, 0.717) is 13.2 Å². The molecule has 0 aliphatic carbocycles. The summed E-state index contributed by atoms with van der Waals surface area (Å²) in [5.41, 5.74) is 6.26. The van der Waals surface area contributed by atoms with Gasteiger partial charge in [0.15, 0.2) is 0 Å². The molecule has 0 radical (unpaired) electrons. The molecule has 22 heavy (non-hydrogen) atoms. The molecule has 0 saturated heterocycles. The van der Waals surface area contributed by atoms with Crippen molar-refractivity contribution in [3.8, 4) is 5.75 Å². The number of nitrogens with one attached hydrogen (secondary N) is 1. The van der Waals surface area contributed by atoms with Crippen molar-refractivity contribution in [1.29, 1.82) is 0 Å². The standard InChI is InChI=1S/C15H25N3O2.2ClH/c1-3-18(4-2)9-10-20-14-7-5-13(6-8-14)12-17-15(19)11-16;;/h5-8H,3-4,9-12,16H2,1-2H3,(H,17,19);2*1H. The molecular weight excluding hydrogens is 325 g/mol. The van der Waals surface area contributed by atoms with Gasteiger partial charge >= 0.3 is 0 Å². The number of hydrogen-bond donors (Lipinski definition) is 2. The molecule has 0 heterocycles. The number of likely N-dealkylation sites (N-methyl/N-ethyl adjacent to an activating group) is 1. The number of carbonyl (C=O) groups excluding carboxylic acids is 1. The van der Waals surface area contributed by atoms with Crippen LogP contribution in [0.3, 0.4) is 0 Å². The first kappa shape index (κ1) is 23.3. The minimum atomic E-state index is -0.149. The van der Waals surface area contributed by atoms with Crippen molar-refractivity contribution >= 4 is 30.7 Å². The molecule has 7 heteroatoms. The molecular formula is C15H27Cl2N3O2. The Morgan fingerprint density at radius 2 is 1.77 bits per heavy atom. The SMILES string of the molecule is CCN(CC)CCOc1ccc(CNC(=O)CN)cc1.Cl.Cl. The fourth-order valence-electron chi connectivity index (χ4n) is 1.81. The summed E-state index contributed by atoms with van der Waals surface area (Å²) in [7, 11) is 0. The number of ether oxygens (including phenoxy) is 1. The average molecular weight is 352 g/mol. The predicted octanol–water partition coefficient (Wildman–Crippen LogP) is 1.83. The number of nitrogens with two attached hydrogens (primary N) is 1. The molecule has 0 aromatic heterocycles. The Hall–Kier alpha value is -1.01. The lowest BCUT2D eigenvalue weighted by Crippen LogP contribution is -2.29. The normalized spacial score (nSPS) is 9.64. The number of benzene rings is 1. The molecule has 0 bridgehead atoms. The van der Waals surface area contributed by atoms with Crippen molar-refractivity contribution in [2.24, 2.45) is 5.73 Å². The summed E-state index contributed by atoms with van der Waals surface area (Å²) in [6.45, 7) is 8.51. The van der Waals surface area contributed by atoms with Gasteiger partial charge in [-0.05, 0) is 30.8 Å². The summed E-state index contributed by atoms with van der Waals surface area (Å²) in [6.07, 6.45) is 0. The highest BCUT2D eigenvalue weighted by Gasteiger charge is 2.01. The Balaban J connectivity index is 0. The highest BCUT2D eigenvalue weighted by Crippen LogP contribution is 2.12. The van der Waals surface area contributed by atoms with Crippen LogP contribution in [0.1, 0.15) is 19.4 Å². The third-order valence-corrected chi connectivity index (χ3v) is 3.17. The molecule has 0 saturated carbocycles. The summed E-state index contributed by atoms with van der Waals surface area (Å²) < 4.78 is 5.69. The van der Waals surface area contributed by atoms with Crippen LogP contribution in [0.4, 0.5) is 0 Å². The largest absolute Gasteiger partial charge is 0.492 e. The van der Waals surface area contributed by atoms with E-state index < -0.39 is 0 Å². The van der Waals surface area contributed by atoms with Gasteiger partial charge in [-0.2, -0.15) is 0 Å². The topological polar surface area (TPSA) is 67.6 Å². The van der Waals surface area contributed by atoms with Crippen molar-refractivity contribution in [3.05, 3.63) is 29.8 Å². The average Bonchev–Trinajstić information content (AvgIpc) is 2.50. The monoisotopic (exact) mass is 351 g/mol. The zero-order valence-electron chi connectivity index (χ0n) is 13.2. The zero-order chi connectivity index (χ0) is 14.8. The summed E-state index contributed by atoms with van der Waals surface area (Å²) >= 11 is 0. The number of carbonyl (C=O) groups is 1. The van der Waals surface area contributed by atoms with E-state index in [9.17, 15) is 4.79 Å². The molecule has 0 aliphatic rings. The van der Waals surface area contributed by atoms with Crippen LogP contribution in [0.2, 0.25) is 0 Å². The second-order valence-corrected chi connectivity index (χ2v) is 4.50. The van der Waals surface area contributed by atoms with Gasteiger partial charge in [0.05, 0.1) is 6.54 Å². The van der Waals surface area contributed by atoms with E-state index in [2.05, 4.69) is 24.1 Å². The summed E-state index contributed by atoms with van der Waals surface area (Å²) in [4.78, 5) is 13.4. The van der Waals surface area contributed by atoms with E-state index in [4.69, 9.17) is 10.5 Å². The van der Waals surface area contributed by atoms with Gasteiger partial charge in [0.1, 0.15) is 12.4 Å². The van der Waals surface area contributed by atoms with Crippen LogP contribution in [0.5, 0.6) is 5.75 Å². The second-order valence-electron chi connectivity index (χ2n) is 4.50. The van der Waals surface area contributed by atoms with Gasteiger partial charge in [0.2, 0.25) is 5.91 Å². The molecule has 0 unspecified atom stereocenters. The van der Waals surface area contributed by atoms with Gasteiger partial charge in [-0.1, -0.05) is 26.0 Å². The molecule has 1 amide bonds.